The minimum absolute atomic E-state index is 0.0776. The zero-order valence-electron chi connectivity index (χ0n) is 23.9. The molecule has 0 unspecified atom stereocenters. The number of ether oxygens (including phenoxy) is 1. The molecular formula is C32H29F2N7O3. The van der Waals surface area contributed by atoms with Crippen LogP contribution in [0.4, 0.5) is 31.8 Å². The van der Waals surface area contributed by atoms with Crippen LogP contribution in [0.25, 0.3) is 16.7 Å². The molecule has 2 amide bonds. The highest BCUT2D eigenvalue weighted by Crippen LogP contribution is 2.29. The fourth-order valence-electron chi connectivity index (χ4n) is 4.35. The van der Waals surface area contributed by atoms with Gasteiger partial charge in [0.25, 0.3) is 5.91 Å². The molecule has 5 rings (SSSR count). The second-order valence-corrected chi connectivity index (χ2v) is 9.88. The van der Waals surface area contributed by atoms with E-state index in [9.17, 15) is 18.4 Å². The van der Waals surface area contributed by atoms with Crippen molar-refractivity contribution < 1.29 is 23.1 Å². The van der Waals surface area contributed by atoms with Gasteiger partial charge >= 0.3 is 6.61 Å². The van der Waals surface area contributed by atoms with Gasteiger partial charge in [-0.25, -0.2) is 4.98 Å². The molecule has 5 aromatic rings. The summed E-state index contributed by atoms with van der Waals surface area (Å²) in [6.45, 7) is -2.28. The molecule has 10 nitrogen and oxygen atoms in total. The number of halogens is 2. The van der Waals surface area contributed by atoms with E-state index in [0.717, 1.165) is 0 Å². The molecule has 224 valence electrons. The van der Waals surface area contributed by atoms with Crippen LogP contribution in [0.1, 0.15) is 10.4 Å². The molecule has 0 aliphatic rings. The smallest absolute Gasteiger partial charge is 0.387 e. The maximum absolute atomic E-state index is 12.9. The Morgan fingerprint density at radius 1 is 0.955 bits per heavy atom. The summed E-state index contributed by atoms with van der Waals surface area (Å²) < 4.78 is 32.0. The summed E-state index contributed by atoms with van der Waals surface area (Å²) >= 11 is 0. The van der Waals surface area contributed by atoms with Crippen molar-refractivity contribution in [2.75, 3.05) is 36.6 Å². The number of nitrogens with one attached hydrogen (secondary N) is 3. The van der Waals surface area contributed by atoms with E-state index in [1.165, 1.54) is 12.1 Å². The number of hydrogen-bond donors (Lipinski definition) is 3. The van der Waals surface area contributed by atoms with Gasteiger partial charge in [0.05, 0.1) is 5.52 Å². The van der Waals surface area contributed by atoms with Crippen molar-refractivity contribution in [1.82, 2.24) is 19.4 Å². The topological polar surface area (TPSA) is 113 Å². The molecular weight excluding hydrogens is 568 g/mol. The molecule has 44 heavy (non-hydrogen) atoms. The number of amides is 2. The Labute approximate surface area is 252 Å². The van der Waals surface area contributed by atoms with Crippen molar-refractivity contribution in [2.24, 2.45) is 0 Å². The summed E-state index contributed by atoms with van der Waals surface area (Å²) in [6, 6.07) is 21.9. The lowest BCUT2D eigenvalue weighted by Crippen LogP contribution is -2.13. The maximum Gasteiger partial charge on any atom is 0.387 e. The second-order valence-electron chi connectivity index (χ2n) is 9.88. The molecule has 3 N–H and O–H groups in total. The fourth-order valence-corrected chi connectivity index (χ4v) is 4.35. The largest absolute Gasteiger partial charge is 0.434 e. The Morgan fingerprint density at radius 3 is 2.50 bits per heavy atom. The van der Waals surface area contributed by atoms with Crippen molar-refractivity contribution in [3.8, 4) is 11.6 Å². The minimum atomic E-state index is -2.93. The summed E-state index contributed by atoms with van der Waals surface area (Å²) in [5.41, 5.74) is 2.81. The number of anilines is 4. The normalized spacial score (nSPS) is 11.3. The van der Waals surface area contributed by atoms with E-state index in [-0.39, 0.29) is 17.6 Å². The van der Waals surface area contributed by atoms with E-state index in [4.69, 9.17) is 0 Å². The molecule has 3 aromatic carbocycles. The molecule has 0 aliphatic heterocycles. The highest BCUT2D eigenvalue weighted by Gasteiger charge is 2.13. The number of alkyl halides is 2. The van der Waals surface area contributed by atoms with Gasteiger partial charge in [0.1, 0.15) is 11.6 Å². The van der Waals surface area contributed by atoms with E-state index >= 15 is 0 Å². The molecule has 0 radical (unpaired) electrons. The Morgan fingerprint density at radius 2 is 1.73 bits per heavy atom. The van der Waals surface area contributed by atoms with Gasteiger partial charge in [-0.05, 0) is 80.8 Å². The molecule has 0 saturated heterocycles. The van der Waals surface area contributed by atoms with Crippen LogP contribution in [0.15, 0.2) is 103 Å². The number of carbonyl (C=O) groups is 2. The zero-order chi connectivity index (χ0) is 31.1. The molecule has 0 fully saturated rings. The first-order valence-corrected chi connectivity index (χ1v) is 13.5. The predicted molar refractivity (Wildman–Crippen MR) is 166 cm³/mol. The van der Waals surface area contributed by atoms with Gasteiger partial charge in [0.15, 0.2) is 0 Å². The number of benzene rings is 3. The molecule has 2 heterocycles. The van der Waals surface area contributed by atoms with Crippen molar-refractivity contribution in [2.45, 2.75) is 6.61 Å². The van der Waals surface area contributed by atoms with Crippen molar-refractivity contribution in [1.29, 1.82) is 0 Å². The van der Waals surface area contributed by atoms with Gasteiger partial charge in [0, 0.05) is 53.0 Å². The average Bonchev–Trinajstić information content (AvgIpc) is 3.43. The van der Waals surface area contributed by atoms with Gasteiger partial charge in [-0.3, -0.25) is 9.59 Å². The number of likely N-dealkylation sites (N-methyl/N-ethyl adjacent to an activating group) is 1. The van der Waals surface area contributed by atoms with Gasteiger partial charge in [0.2, 0.25) is 11.9 Å². The number of carbonyl (C=O) groups excluding carboxylic acids is 2. The van der Waals surface area contributed by atoms with Crippen LogP contribution in [-0.2, 0) is 4.79 Å². The monoisotopic (exact) mass is 597 g/mol. The third-order valence-corrected chi connectivity index (χ3v) is 6.33. The van der Waals surface area contributed by atoms with Gasteiger partial charge < -0.3 is 30.2 Å². The highest BCUT2D eigenvalue weighted by atomic mass is 19.3. The molecule has 0 bridgehead atoms. The summed E-state index contributed by atoms with van der Waals surface area (Å²) in [5, 5.41) is 9.28. The number of aromatic nitrogens is 3. The van der Waals surface area contributed by atoms with Gasteiger partial charge in [-0.1, -0.05) is 18.2 Å². The highest BCUT2D eigenvalue weighted by molar-refractivity contribution is 6.05. The Bertz CT molecular complexity index is 1800. The number of hydrogen-bond acceptors (Lipinski definition) is 7. The first-order chi connectivity index (χ1) is 21.2. The Hall–Kier alpha value is -5.62. The number of rotatable bonds is 11. The second kappa shape index (κ2) is 13.6. The van der Waals surface area contributed by atoms with E-state index in [1.807, 2.05) is 19.0 Å². The van der Waals surface area contributed by atoms with Crippen molar-refractivity contribution >= 4 is 45.7 Å². The molecule has 0 aliphatic carbocycles. The van der Waals surface area contributed by atoms with E-state index in [2.05, 4.69) is 30.7 Å². The van der Waals surface area contributed by atoms with Gasteiger partial charge in [-0.15, -0.1) is 0 Å². The van der Waals surface area contributed by atoms with E-state index in [0.29, 0.717) is 51.8 Å². The van der Waals surface area contributed by atoms with Crippen LogP contribution in [0.2, 0.25) is 0 Å². The third-order valence-electron chi connectivity index (χ3n) is 6.33. The first-order valence-electron chi connectivity index (χ1n) is 13.5. The SMILES string of the molecule is CN(C)C/C=C/C(=O)Nc1ccc(C(=O)Nc2cccc(Nc3nccc(-n4ccc5c(OC(F)F)cccc54)n3)c2)cc1. The lowest BCUT2D eigenvalue weighted by Gasteiger charge is -2.11. The summed E-state index contributed by atoms with van der Waals surface area (Å²) in [7, 11) is 3.82. The maximum atomic E-state index is 12.9. The number of fused-ring (bicyclic) bond motifs is 1. The molecule has 2 aromatic heterocycles. The lowest BCUT2D eigenvalue weighted by atomic mass is 10.2. The molecule has 0 saturated carbocycles. The molecule has 0 spiro atoms. The Balaban J connectivity index is 1.24. The van der Waals surface area contributed by atoms with E-state index < -0.39 is 6.61 Å². The number of nitrogens with zero attached hydrogens (tertiary/aromatic N) is 4. The van der Waals surface area contributed by atoms with Gasteiger partial charge in [-0.2, -0.15) is 13.8 Å². The third kappa shape index (κ3) is 7.61. The minimum Gasteiger partial charge on any atom is -0.434 e. The fraction of sp³-hybridized carbons (Fsp3) is 0.125. The lowest BCUT2D eigenvalue weighted by molar-refractivity contribution is -0.111. The van der Waals surface area contributed by atoms with Crippen LogP contribution >= 0.6 is 0 Å². The van der Waals surface area contributed by atoms with Crippen LogP contribution in [0, 0.1) is 0 Å². The molecule has 0 atom stereocenters. The average molecular weight is 598 g/mol. The first kappa shape index (κ1) is 29.9. The standard InChI is InChI=1S/C32H29F2N7O3/c1-40(2)18-5-10-29(42)36-22-13-11-21(12-14-22)30(43)37-23-6-3-7-24(20-23)38-32-35-17-15-28(39-32)41-19-16-25-26(41)8-4-9-27(25)44-31(33)34/h3-17,19-20,31H,18H2,1-2H3,(H,36,42)(H,37,43)(H,35,38,39)/b10-5+. The van der Waals surface area contributed by atoms with Crippen LogP contribution in [0.3, 0.4) is 0 Å². The van der Waals surface area contributed by atoms with Crippen LogP contribution in [-0.4, -0.2) is 58.5 Å². The summed E-state index contributed by atoms with van der Waals surface area (Å²) in [6.07, 6.45) is 6.53. The summed E-state index contributed by atoms with van der Waals surface area (Å²) in [5.74, 6) is 0.313. The Kier molecular flexibility index (Phi) is 9.21. The van der Waals surface area contributed by atoms with Crippen LogP contribution in [0.5, 0.6) is 5.75 Å². The van der Waals surface area contributed by atoms with Crippen molar-refractivity contribution in [3.05, 3.63) is 109 Å². The van der Waals surface area contributed by atoms with Crippen LogP contribution < -0.4 is 20.7 Å². The predicted octanol–water partition coefficient (Wildman–Crippen LogP) is 6.07. The zero-order valence-corrected chi connectivity index (χ0v) is 23.9. The summed E-state index contributed by atoms with van der Waals surface area (Å²) in [4.78, 5) is 35.7. The molecule has 12 heteroatoms. The quantitative estimate of drug-likeness (QED) is 0.158. The van der Waals surface area contributed by atoms with E-state index in [1.54, 1.807) is 95.8 Å². The van der Waals surface area contributed by atoms with Crippen molar-refractivity contribution in [3.63, 3.8) is 0 Å².